The average Bonchev–Trinajstić information content (AvgIpc) is 3.30. The molecule has 2 aromatic carbocycles. The SMILES string of the molecule is CC(NCCc1ccc2c(c1)OCO2)c1ccc(N2CCCC2=O)cc1. The van der Waals surface area contributed by atoms with Gasteiger partial charge in [-0.1, -0.05) is 18.2 Å². The van der Waals surface area contributed by atoms with Gasteiger partial charge in [0.05, 0.1) is 0 Å². The fraction of sp³-hybridized carbons (Fsp3) is 0.381. The minimum absolute atomic E-state index is 0.229. The number of carbonyl (C=O) groups is 1. The lowest BCUT2D eigenvalue weighted by Crippen LogP contribution is -2.24. The second kappa shape index (κ2) is 7.38. The molecule has 2 aliphatic rings. The van der Waals surface area contributed by atoms with Gasteiger partial charge in [0.15, 0.2) is 11.5 Å². The summed E-state index contributed by atoms with van der Waals surface area (Å²) in [7, 11) is 0. The van der Waals surface area contributed by atoms with Crippen molar-refractivity contribution in [3.05, 3.63) is 53.6 Å². The van der Waals surface area contributed by atoms with Gasteiger partial charge in [-0.05, 0) is 61.7 Å². The Morgan fingerprint density at radius 2 is 1.92 bits per heavy atom. The number of rotatable bonds is 6. The molecule has 0 aliphatic carbocycles. The highest BCUT2D eigenvalue weighted by molar-refractivity contribution is 5.95. The first-order valence-corrected chi connectivity index (χ1v) is 9.23. The summed E-state index contributed by atoms with van der Waals surface area (Å²) in [6, 6.07) is 14.7. The Kier molecular flexibility index (Phi) is 4.80. The van der Waals surface area contributed by atoms with Crippen molar-refractivity contribution in [2.24, 2.45) is 0 Å². The van der Waals surface area contributed by atoms with Gasteiger partial charge in [-0.15, -0.1) is 0 Å². The second-order valence-electron chi connectivity index (χ2n) is 6.85. The van der Waals surface area contributed by atoms with Gasteiger partial charge in [0.25, 0.3) is 0 Å². The van der Waals surface area contributed by atoms with Crippen LogP contribution >= 0.6 is 0 Å². The highest BCUT2D eigenvalue weighted by Gasteiger charge is 2.21. The molecule has 1 saturated heterocycles. The van der Waals surface area contributed by atoms with Crippen molar-refractivity contribution in [3.63, 3.8) is 0 Å². The number of hydrogen-bond acceptors (Lipinski definition) is 4. The van der Waals surface area contributed by atoms with Crippen molar-refractivity contribution in [2.45, 2.75) is 32.2 Å². The van der Waals surface area contributed by atoms with Gasteiger partial charge in [0, 0.05) is 24.7 Å². The number of amides is 1. The highest BCUT2D eigenvalue weighted by Crippen LogP contribution is 2.32. The van der Waals surface area contributed by atoms with Crippen LogP contribution in [0.15, 0.2) is 42.5 Å². The third kappa shape index (κ3) is 3.53. The number of fused-ring (bicyclic) bond motifs is 1. The number of ether oxygens (including phenoxy) is 2. The Labute approximate surface area is 153 Å². The van der Waals surface area contributed by atoms with Gasteiger partial charge in [-0.3, -0.25) is 4.79 Å². The van der Waals surface area contributed by atoms with Crippen LogP contribution in [-0.2, 0) is 11.2 Å². The van der Waals surface area contributed by atoms with Crippen LogP contribution in [0.5, 0.6) is 11.5 Å². The fourth-order valence-corrected chi connectivity index (χ4v) is 3.51. The van der Waals surface area contributed by atoms with Crippen LogP contribution in [-0.4, -0.2) is 25.8 Å². The van der Waals surface area contributed by atoms with Gasteiger partial charge in [-0.25, -0.2) is 0 Å². The number of nitrogens with one attached hydrogen (secondary N) is 1. The summed E-state index contributed by atoms with van der Waals surface area (Å²) in [6.45, 7) is 4.19. The Hall–Kier alpha value is -2.53. The smallest absolute Gasteiger partial charge is 0.231 e. The zero-order valence-electron chi connectivity index (χ0n) is 15.0. The zero-order chi connectivity index (χ0) is 17.9. The molecule has 1 atom stereocenters. The largest absolute Gasteiger partial charge is 0.454 e. The van der Waals surface area contributed by atoms with Crippen LogP contribution < -0.4 is 19.7 Å². The van der Waals surface area contributed by atoms with E-state index in [1.54, 1.807) is 0 Å². The maximum absolute atomic E-state index is 11.8. The van der Waals surface area contributed by atoms with Crippen LogP contribution in [0.4, 0.5) is 5.69 Å². The number of benzene rings is 2. The summed E-state index contributed by atoms with van der Waals surface area (Å²) >= 11 is 0. The van der Waals surface area contributed by atoms with Gasteiger partial charge >= 0.3 is 0 Å². The monoisotopic (exact) mass is 352 g/mol. The Bertz CT molecular complexity index is 788. The molecule has 0 spiro atoms. The van der Waals surface area contributed by atoms with Crippen LogP contribution in [0.1, 0.15) is 36.9 Å². The fourth-order valence-electron chi connectivity index (χ4n) is 3.51. The molecule has 0 radical (unpaired) electrons. The molecule has 1 amide bonds. The van der Waals surface area contributed by atoms with Crippen LogP contribution in [0.2, 0.25) is 0 Å². The van der Waals surface area contributed by atoms with E-state index in [0.29, 0.717) is 13.2 Å². The van der Waals surface area contributed by atoms with Gasteiger partial charge in [0.2, 0.25) is 12.7 Å². The van der Waals surface area contributed by atoms with E-state index in [2.05, 4.69) is 48.6 Å². The molecule has 1 N–H and O–H groups in total. The topological polar surface area (TPSA) is 50.8 Å². The van der Waals surface area contributed by atoms with E-state index in [4.69, 9.17) is 9.47 Å². The third-order valence-electron chi connectivity index (χ3n) is 5.08. The normalized spacial score (nSPS) is 17.0. The number of nitrogens with zero attached hydrogens (tertiary/aromatic N) is 1. The summed E-state index contributed by atoms with van der Waals surface area (Å²) in [5.41, 5.74) is 3.46. The molecule has 136 valence electrons. The summed E-state index contributed by atoms with van der Waals surface area (Å²) < 4.78 is 10.8. The van der Waals surface area contributed by atoms with E-state index in [1.165, 1.54) is 11.1 Å². The molecule has 5 nitrogen and oxygen atoms in total. The van der Waals surface area contributed by atoms with Gasteiger partial charge in [0.1, 0.15) is 0 Å². The molecule has 1 fully saturated rings. The Balaban J connectivity index is 1.30. The lowest BCUT2D eigenvalue weighted by atomic mass is 10.1. The van der Waals surface area contributed by atoms with Gasteiger partial charge in [-0.2, -0.15) is 0 Å². The Morgan fingerprint density at radius 3 is 2.69 bits per heavy atom. The van der Waals surface area contributed by atoms with E-state index in [-0.39, 0.29) is 11.9 Å². The van der Waals surface area contributed by atoms with Crippen molar-refractivity contribution in [1.29, 1.82) is 0 Å². The standard InChI is InChI=1S/C21H24N2O3/c1-15(17-5-7-18(8-6-17)23-12-2-3-21(23)24)22-11-10-16-4-9-19-20(13-16)26-14-25-19/h4-9,13,15,22H,2-3,10-12,14H2,1H3. The molecule has 4 rings (SSSR count). The molecule has 2 aliphatic heterocycles. The minimum Gasteiger partial charge on any atom is -0.454 e. The summed E-state index contributed by atoms with van der Waals surface area (Å²) in [6.07, 6.45) is 2.55. The quantitative estimate of drug-likeness (QED) is 0.865. The van der Waals surface area contributed by atoms with Crippen molar-refractivity contribution < 1.29 is 14.3 Å². The summed E-state index contributed by atoms with van der Waals surface area (Å²) in [5.74, 6) is 1.89. The van der Waals surface area contributed by atoms with Crippen molar-refractivity contribution >= 4 is 11.6 Å². The van der Waals surface area contributed by atoms with Crippen molar-refractivity contribution in [1.82, 2.24) is 5.32 Å². The number of hydrogen-bond donors (Lipinski definition) is 1. The maximum atomic E-state index is 11.8. The third-order valence-corrected chi connectivity index (χ3v) is 5.08. The molecular weight excluding hydrogens is 328 g/mol. The van der Waals surface area contributed by atoms with Crippen LogP contribution in [0.25, 0.3) is 0 Å². The molecule has 2 heterocycles. The molecule has 5 heteroatoms. The van der Waals surface area contributed by atoms with E-state index in [9.17, 15) is 4.79 Å². The lowest BCUT2D eigenvalue weighted by molar-refractivity contribution is -0.117. The van der Waals surface area contributed by atoms with Crippen LogP contribution in [0.3, 0.4) is 0 Å². The van der Waals surface area contributed by atoms with E-state index in [1.807, 2.05) is 11.0 Å². The molecule has 0 aromatic heterocycles. The van der Waals surface area contributed by atoms with E-state index < -0.39 is 0 Å². The first-order valence-electron chi connectivity index (χ1n) is 9.23. The highest BCUT2D eigenvalue weighted by atomic mass is 16.7. The molecule has 26 heavy (non-hydrogen) atoms. The molecule has 1 unspecified atom stereocenters. The Morgan fingerprint density at radius 1 is 1.12 bits per heavy atom. The number of carbonyl (C=O) groups excluding carboxylic acids is 1. The summed E-state index contributed by atoms with van der Waals surface area (Å²) in [5, 5.41) is 3.56. The average molecular weight is 352 g/mol. The predicted octanol–water partition coefficient (Wildman–Crippen LogP) is 3.44. The summed E-state index contributed by atoms with van der Waals surface area (Å²) in [4.78, 5) is 13.7. The molecular formula is C21H24N2O3. The predicted molar refractivity (Wildman–Crippen MR) is 101 cm³/mol. The van der Waals surface area contributed by atoms with Gasteiger partial charge < -0.3 is 19.7 Å². The zero-order valence-corrected chi connectivity index (χ0v) is 15.0. The molecule has 0 bridgehead atoms. The second-order valence-corrected chi connectivity index (χ2v) is 6.85. The molecule has 2 aromatic rings. The minimum atomic E-state index is 0.229. The first-order chi connectivity index (χ1) is 12.7. The van der Waals surface area contributed by atoms with E-state index in [0.717, 1.165) is 43.1 Å². The number of anilines is 1. The van der Waals surface area contributed by atoms with E-state index >= 15 is 0 Å². The first kappa shape index (κ1) is 16.9. The maximum Gasteiger partial charge on any atom is 0.231 e. The van der Waals surface area contributed by atoms with Crippen molar-refractivity contribution in [3.8, 4) is 11.5 Å². The van der Waals surface area contributed by atoms with Crippen molar-refractivity contribution in [2.75, 3.05) is 24.8 Å². The van der Waals surface area contributed by atoms with Crippen LogP contribution in [0, 0.1) is 0 Å². The lowest BCUT2D eigenvalue weighted by Gasteiger charge is -2.18. The molecule has 0 saturated carbocycles.